The Balaban J connectivity index is 1.57. The Morgan fingerprint density at radius 1 is 0.933 bits per heavy atom. The molecule has 0 aliphatic heterocycles. The summed E-state index contributed by atoms with van der Waals surface area (Å²) < 4.78 is 16.9. The quantitative estimate of drug-likeness (QED) is 0.352. The first-order valence-electron chi connectivity index (χ1n) is 10.1. The molecule has 0 unspecified atom stereocenters. The Hall–Kier alpha value is -3.53. The van der Waals surface area contributed by atoms with Crippen molar-refractivity contribution in [1.82, 2.24) is 0 Å². The van der Waals surface area contributed by atoms with Crippen molar-refractivity contribution in [3.63, 3.8) is 0 Å². The number of hydrogen-bond donors (Lipinski definition) is 0. The predicted octanol–water partition coefficient (Wildman–Crippen LogP) is 6.09. The van der Waals surface area contributed by atoms with Gasteiger partial charge in [0.05, 0.1) is 19.3 Å². The molecule has 0 aliphatic carbocycles. The van der Waals surface area contributed by atoms with Crippen LogP contribution >= 0.6 is 0 Å². The summed E-state index contributed by atoms with van der Waals surface area (Å²) in [4.78, 5) is 11.9. The Morgan fingerprint density at radius 3 is 2.60 bits per heavy atom. The van der Waals surface area contributed by atoms with E-state index in [4.69, 9.17) is 13.9 Å². The van der Waals surface area contributed by atoms with Crippen LogP contribution in [0.1, 0.15) is 23.6 Å². The van der Waals surface area contributed by atoms with Crippen LogP contribution in [0.15, 0.2) is 77.4 Å². The lowest BCUT2D eigenvalue weighted by molar-refractivity contribution is -0.142. The third-order valence-electron chi connectivity index (χ3n) is 5.00. The molecule has 0 saturated carbocycles. The maximum atomic E-state index is 11.9. The molecule has 4 heteroatoms. The molecule has 0 atom stereocenters. The van der Waals surface area contributed by atoms with Crippen LogP contribution in [0.4, 0.5) is 0 Å². The molecule has 0 spiro atoms. The Morgan fingerprint density at radius 2 is 1.77 bits per heavy atom. The number of benzene rings is 3. The lowest BCUT2D eigenvalue weighted by Gasteiger charge is -2.11. The van der Waals surface area contributed by atoms with Gasteiger partial charge >= 0.3 is 5.97 Å². The number of fused-ring (bicyclic) bond motifs is 1. The third-order valence-corrected chi connectivity index (χ3v) is 5.00. The summed E-state index contributed by atoms with van der Waals surface area (Å²) in [6.07, 6.45) is 1.92. The molecular formula is C26H24O4. The van der Waals surface area contributed by atoms with E-state index in [2.05, 4.69) is 43.3 Å². The number of rotatable bonds is 7. The summed E-state index contributed by atoms with van der Waals surface area (Å²) >= 11 is 0. The van der Waals surface area contributed by atoms with Gasteiger partial charge in [0.25, 0.3) is 0 Å². The number of carbonyl (C=O) groups is 1. The number of furan rings is 1. The average molecular weight is 400 g/mol. The zero-order valence-corrected chi connectivity index (χ0v) is 17.2. The van der Waals surface area contributed by atoms with E-state index in [0.29, 0.717) is 19.0 Å². The van der Waals surface area contributed by atoms with Crippen LogP contribution < -0.4 is 4.74 Å². The fraction of sp³-hybridized carbons (Fsp3) is 0.192. The highest BCUT2D eigenvalue weighted by Gasteiger charge is 2.12. The van der Waals surface area contributed by atoms with Gasteiger partial charge < -0.3 is 13.9 Å². The first kappa shape index (κ1) is 19.8. The minimum absolute atomic E-state index is 0.188. The van der Waals surface area contributed by atoms with Crippen molar-refractivity contribution in [3.8, 4) is 16.9 Å². The minimum atomic E-state index is -0.259. The largest absolute Gasteiger partial charge is 0.488 e. The zero-order valence-electron chi connectivity index (χ0n) is 17.2. The van der Waals surface area contributed by atoms with Crippen LogP contribution in [0.5, 0.6) is 5.75 Å². The highest BCUT2D eigenvalue weighted by molar-refractivity contribution is 5.86. The first-order valence-corrected chi connectivity index (χ1v) is 10.1. The molecule has 0 fully saturated rings. The Bertz CT molecular complexity index is 1170. The minimum Gasteiger partial charge on any atom is -0.488 e. The molecule has 152 valence electrons. The molecule has 30 heavy (non-hydrogen) atoms. The van der Waals surface area contributed by atoms with Crippen molar-refractivity contribution in [2.45, 2.75) is 26.9 Å². The fourth-order valence-corrected chi connectivity index (χ4v) is 3.51. The summed E-state index contributed by atoms with van der Waals surface area (Å²) in [6.45, 7) is 4.61. The molecule has 0 radical (unpaired) electrons. The highest BCUT2D eigenvalue weighted by Crippen LogP contribution is 2.29. The van der Waals surface area contributed by atoms with Gasteiger partial charge in [-0.3, -0.25) is 4.79 Å². The van der Waals surface area contributed by atoms with E-state index < -0.39 is 0 Å². The maximum Gasteiger partial charge on any atom is 0.310 e. The van der Waals surface area contributed by atoms with Gasteiger partial charge in [-0.1, -0.05) is 54.1 Å². The van der Waals surface area contributed by atoms with Crippen molar-refractivity contribution in [2.24, 2.45) is 0 Å². The van der Waals surface area contributed by atoms with Crippen LogP contribution in [-0.4, -0.2) is 12.6 Å². The normalized spacial score (nSPS) is 10.9. The van der Waals surface area contributed by atoms with Crippen LogP contribution in [0, 0.1) is 6.92 Å². The van der Waals surface area contributed by atoms with E-state index in [1.807, 2.05) is 30.3 Å². The standard InChI is InChI=1S/C26H24O4/c1-3-28-26(27)15-21-8-4-5-10-24(21)29-16-22-17-30-25-12-11-20(14-23(22)25)19-9-6-7-18(2)13-19/h4-14,17H,3,15-16H2,1-2H3. The van der Waals surface area contributed by atoms with Crippen molar-refractivity contribution in [3.05, 3.63) is 89.7 Å². The van der Waals surface area contributed by atoms with Gasteiger partial charge in [-0.15, -0.1) is 0 Å². The van der Waals surface area contributed by atoms with Crippen molar-refractivity contribution in [1.29, 1.82) is 0 Å². The summed E-state index contributed by atoms with van der Waals surface area (Å²) in [5.74, 6) is 0.417. The average Bonchev–Trinajstić information content (AvgIpc) is 3.15. The number of hydrogen-bond acceptors (Lipinski definition) is 4. The van der Waals surface area contributed by atoms with Crippen LogP contribution in [0.25, 0.3) is 22.1 Å². The molecule has 0 N–H and O–H groups in total. The third kappa shape index (κ3) is 4.38. The van der Waals surface area contributed by atoms with E-state index in [0.717, 1.165) is 27.7 Å². The lowest BCUT2D eigenvalue weighted by Crippen LogP contribution is -2.09. The van der Waals surface area contributed by atoms with Crippen LogP contribution in [0.3, 0.4) is 0 Å². The fourth-order valence-electron chi connectivity index (χ4n) is 3.51. The molecule has 0 amide bonds. The van der Waals surface area contributed by atoms with Gasteiger partial charge in [-0.2, -0.15) is 0 Å². The maximum absolute atomic E-state index is 11.9. The summed E-state index contributed by atoms with van der Waals surface area (Å²) in [5, 5.41) is 1.02. The monoisotopic (exact) mass is 400 g/mol. The number of para-hydroxylation sites is 1. The highest BCUT2D eigenvalue weighted by atomic mass is 16.5. The van der Waals surface area contributed by atoms with Gasteiger partial charge in [0, 0.05) is 16.5 Å². The van der Waals surface area contributed by atoms with Gasteiger partial charge in [-0.25, -0.2) is 0 Å². The second kappa shape index (κ2) is 8.87. The zero-order chi connectivity index (χ0) is 20.9. The predicted molar refractivity (Wildman–Crippen MR) is 117 cm³/mol. The Labute approximate surface area is 176 Å². The van der Waals surface area contributed by atoms with E-state index in [1.165, 1.54) is 11.1 Å². The van der Waals surface area contributed by atoms with Gasteiger partial charge in [0.1, 0.15) is 17.9 Å². The Kier molecular flexibility index (Phi) is 5.84. The van der Waals surface area contributed by atoms with Crippen LogP contribution in [-0.2, 0) is 22.6 Å². The smallest absolute Gasteiger partial charge is 0.310 e. The molecule has 4 rings (SSSR count). The second-order valence-electron chi connectivity index (χ2n) is 7.22. The molecule has 0 saturated heterocycles. The van der Waals surface area contributed by atoms with Gasteiger partial charge in [0.2, 0.25) is 0 Å². The molecule has 3 aromatic carbocycles. The molecule has 1 aromatic heterocycles. The molecular weight excluding hydrogens is 376 g/mol. The number of ether oxygens (including phenoxy) is 2. The number of carbonyl (C=O) groups excluding carboxylic acids is 1. The SMILES string of the molecule is CCOC(=O)Cc1ccccc1OCc1coc2ccc(-c3cccc(C)c3)cc12. The number of esters is 1. The summed E-state index contributed by atoms with van der Waals surface area (Å²) in [7, 11) is 0. The van der Waals surface area contributed by atoms with E-state index in [-0.39, 0.29) is 12.4 Å². The number of aryl methyl sites for hydroxylation is 1. The van der Waals surface area contributed by atoms with E-state index >= 15 is 0 Å². The second-order valence-corrected chi connectivity index (χ2v) is 7.22. The van der Waals surface area contributed by atoms with Gasteiger partial charge in [0.15, 0.2) is 0 Å². The molecule has 1 heterocycles. The lowest BCUT2D eigenvalue weighted by atomic mass is 10.0. The van der Waals surface area contributed by atoms with Crippen molar-refractivity contribution < 1.29 is 18.7 Å². The van der Waals surface area contributed by atoms with E-state index in [9.17, 15) is 4.79 Å². The topological polar surface area (TPSA) is 48.7 Å². The summed E-state index contributed by atoms with van der Waals surface area (Å²) in [6, 6.07) is 22.2. The summed E-state index contributed by atoms with van der Waals surface area (Å²) in [5.41, 5.74) is 6.13. The molecule has 4 aromatic rings. The van der Waals surface area contributed by atoms with E-state index in [1.54, 1.807) is 13.2 Å². The molecule has 4 nitrogen and oxygen atoms in total. The van der Waals surface area contributed by atoms with Crippen molar-refractivity contribution in [2.75, 3.05) is 6.61 Å². The van der Waals surface area contributed by atoms with Crippen molar-refractivity contribution >= 4 is 16.9 Å². The first-order chi connectivity index (χ1) is 14.6. The molecule has 0 bridgehead atoms. The molecule has 0 aliphatic rings. The van der Waals surface area contributed by atoms with Gasteiger partial charge in [-0.05, 0) is 43.2 Å². The van der Waals surface area contributed by atoms with Crippen LogP contribution in [0.2, 0.25) is 0 Å².